The average molecular weight is 281 g/mol. The first kappa shape index (κ1) is 14.8. The van der Waals surface area contributed by atoms with Crippen LogP contribution in [0.3, 0.4) is 0 Å². The highest BCUT2D eigenvalue weighted by Crippen LogP contribution is 2.38. The minimum absolute atomic E-state index is 0.392. The number of anilines is 1. The molecule has 0 amide bonds. The van der Waals surface area contributed by atoms with Gasteiger partial charge in [-0.15, -0.1) is 11.3 Å². The number of hydrogen-bond donors (Lipinski definition) is 1. The summed E-state index contributed by atoms with van der Waals surface area (Å²) in [5.41, 5.74) is 7.44. The van der Waals surface area contributed by atoms with Crippen molar-refractivity contribution in [3.05, 3.63) is 10.6 Å². The first-order valence-corrected chi connectivity index (χ1v) is 8.09. The summed E-state index contributed by atoms with van der Waals surface area (Å²) in [5.74, 6) is 1.23. The normalized spacial score (nSPS) is 20.6. The molecule has 1 aromatic heterocycles. The van der Waals surface area contributed by atoms with Gasteiger partial charge in [-0.2, -0.15) is 0 Å². The van der Waals surface area contributed by atoms with E-state index in [2.05, 4.69) is 39.5 Å². The van der Waals surface area contributed by atoms with E-state index in [0.29, 0.717) is 17.9 Å². The van der Waals surface area contributed by atoms with Gasteiger partial charge in [-0.3, -0.25) is 0 Å². The lowest BCUT2D eigenvalue weighted by atomic mass is 9.80. The van der Waals surface area contributed by atoms with E-state index in [1.165, 1.54) is 22.1 Å². The van der Waals surface area contributed by atoms with Gasteiger partial charge < -0.3 is 10.6 Å². The second-order valence-electron chi connectivity index (χ2n) is 6.96. The summed E-state index contributed by atoms with van der Waals surface area (Å²) in [6.07, 6.45) is 1.28. The Bertz CT molecular complexity index is 431. The van der Waals surface area contributed by atoms with E-state index in [-0.39, 0.29) is 0 Å². The lowest BCUT2D eigenvalue weighted by molar-refractivity contribution is 0.263. The molecule has 19 heavy (non-hydrogen) atoms. The van der Waals surface area contributed by atoms with E-state index in [1.54, 1.807) is 11.3 Å². The van der Waals surface area contributed by atoms with E-state index in [4.69, 9.17) is 10.7 Å². The molecular weight excluding hydrogens is 254 g/mol. The van der Waals surface area contributed by atoms with Gasteiger partial charge in [-0.25, -0.2) is 4.98 Å². The van der Waals surface area contributed by atoms with Crippen LogP contribution >= 0.6 is 11.3 Å². The number of thiazole rings is 1. The molecule has 0 aliphatic carbocycles. The summed E-state index contributed by atoms with van der Waals surface area (Å²) < 4.78 is 0. The predicted molar refractivity (Wildman–Crippen MR) is 83.9 cm³/mol. The molecule has 1 aliphatic rings. The van der Waals surface area contributed by atoms with Crippen molar-refractivity contribution in [3.63, 3.8) is 0 Å². The maximum absolute atomic E-state index is 5.85. The Labute approximate surface area is 121 Å². The Kier molecular flexibility index (Phi) is 4.21. The zero-order valence-electron chi connectivity index (χ0n) is 12.9. The Morgan fingerprint density at radius 2 is 2.11 bits per heavy atom. The van der Waals surface area contributed by atoms with E-state index < -0.39 is 0 Å². The van der Waals surface area contributed by atoms with Crippen LogP contribution in [0.5, 0.6) is 0 Å². The average Bonchev–Trinajstić information content (AvgIpc) is 2.94. The van der Waals surface area contributed by atoms with Crippen LogP contribution in [0.4, 0.5) is 5.13 Å². The van der Waals surface area contributed by atoms with Gasteiger partial charge in [-0.05, 0) is 23.7 Å². The second kappa shape index (κ2) is 5.41. The van der Waals surface area contributed by atoms with E-state index in [9.17, 15) is 0 Å². The van der Waals surface area contributed by atoms with Crippen molar-refractivity contribution in [2.24, 2.45) is 17.1 Å². The quantitative estimate of drug-likeness (QED) is 0.920. The lowest BCUT2D eigenvalue weighted by Crippen LogP contribution is -2.25. The molecule has 1 aliphatic heterocycles. The molecule has 1 fully saturated rings. The van der Waals surface area contributed by atoms with Gasteiger partial charge in [0.2, 0.25) is 0 Å². The molecular formula is C15H27N3S. The smallest absolute Gasteiger partial charge is 0.185 e. The fourth-order valence-corrected chi connectivity index (χ4v) is 3.85. The topological polar surface area (TPSA) is 42.2 Å². The highest BCUT2D eigenvalue weighted by Gasteiger charge is 2.33. The molecule has 1 aromatic rings. The molecule has 3 nitrogen and oxygen atoms in total. The minimum atomic E-state index is 0.392. The van der Waals surface area contributed by atoms with Crippen molar-refractivity contribution >= 4 is 16.5 Å². The van der Waals surface area contributed by atoms with Crippen molar-refractivity contribution in [1.29, 1.82) is 0 Å². The van der Waals surface area contributed by atoms with Gasteiger partial charge >= 0.3 is 0 Å². The minimum Gasteiger partial charge on any atom is -0.348 e. The van der Waals surface area contributed by atoms with Gasteiger partial charge in [0.05, 0.1) is 5.69 Å². The van der Waals surface area contributed by atoms with Crippen molar-refractivity contribution in [2.75, 3.05) is 18.0 Å². The SMILES string of the molecule is CC(C)c1nc(N2CCC(C(C)(C)C)C2)sc1CN. The van der Waals surface area contributed by atoms with Crippen LogP contribution < -0.4 is 10.6 Å². The summed E-state index contributed by atoms with van der Waals surface area (Å²) in [6.45, 7) is 14.3. The fourth-order valence-electron chi connectivity index (χ4n) is 2.72. The molecule has 2 N–H and O–H groups in total. The summed E-state index contributed by atoms with van der Waals surface area (Å²) in [4.78, 5) is 8.55. The Morgan fingerprint density at radius 3 is 2.53 bits per heavy atom. The van der Waals surface area contributed by atoms with Crippen molar-refractivity contribution < 1.29 is 0 Å². The van der Waals surface area contributed by atoms with Crippen LogP contribution in [-0.4, -0.2) is 18.1 Å². The van der Waals surface area contributed by atoms with Gasteiger partial charge in [0.15, 0.2) is 5.13 Å². The van der Waals surface area contributed by atoms with E-state index in [1.807, 2.05) is 0 Å². The maximum atomic E-state index is 5.85. The number of rotatable bonds is 3. The maximum Gasteiger partial charge on any atom is 0.185 e. The lowest BCUT2D eigenvalue weighted by Gasteiger charge is -2.26. The third kappa shape index (κ3) is 3.11. The number of aromatic nitrogens is 1. The van der Waals surface area contributed by atoms with E-state index in [0.717, 1.165) is 19.0 Å². The highest BCUT2D eigenvalue weighted by atomic mass is 32.1. The summed E-state index contributed by atoms with van der Waals surface area (Å²) in [5, 5.41) is 1.18. The molecule has 0 radical (unpaired) electrons. The van der Waals surface area contributed by atoms with Gasteiger partial charge in [-0.1, -0.05) is 34.6 Å². The molecule has 4 heteroatoms. The predicted octanol–water partition coefficient (Wildman–Crippen LogP) is 3.60. The summed E-state index contributed by atoms with van der Waals surface area (Å²) >= 11 is 1.79. The van der Waals surface area contributed by atoms with Crippen LogP contribution in [0.25, 0.3) is 0 Å². The van der Waals surface area contributed by atoms with Gasteiger partial charge in [0, 0.05) is 24.5 Å². The highest BCUT2D eigenvalue weighted by molar-refractivity contribution is 7.15. The zero-order valence-corrected chi connectivity index (χ0v) is 13.7. The molecule has 0 bridgehead atoms. The van der Waals surface area contributed by atoms with Crippen LogP contribution in [0.1, 0.15) is 57.5 Å². The summed E-state index contributed by atoms with van der Waals surface area (Å²) in [6, 6.07) is 0. The molecule has 1 atom stereocenters. The Balaban J connectivity index is 2.16. The fraction of sp³-hybridized carbons (Fsp3) is 0.800. The molecule has 1 unspecified atom stereocenters. The number of hydrogen-bond acceptors (Lipinski definition) is 4. The van der Waals surface area contributed by atoms with E-state index >= 15 is 0 Å². The Morgan fingerprint density at radius 1 is 1.42 bits per heavy atom. The van der Waals surface area contributed by atoms with Crippen LogP contribution in [0, 0.1) is 11.3 Å². The zero-order chi connectivity index (χ0) is 14.2. The first-order chi connectivity index (χ1) is 8.82. The van der Waals surface area contributed by atoms with Crippen LogP contribution in [-0.2, 0) is 6.54 Å². The van der Waals surface area contributed by atoms with Crippen molar-refractivity contribution in [3.8, 4) is 0 Å². The third-order valence-electron chi connectivity index (χ3n) is 4.13. The van der Waals surface area contributed by atoms with Crippen molar-refractivity contribution in [1.82, 2.24) is 4.98 Å². The number of nitrogens with two attached hydrogens (primary N) is 1. The molecule has 0 spiro atoms. The van der Waals surface area contributed by atoms with Crippen LogP contribution in [0.2, 0.25) is 0 Å². The molecule has 0 saturated carbocycles. The Hall–Kier alpha value is -0.610. The molecule has 2 heterocycles. The molecule has 108 valence electrons. The summed E-state index contributed by atoms with van der Waals surface area (Å²) in [7, 11) is 0. The third-order valence-corrected chi connectivity index (χ3v) is 5.29. The standard InChI is InChI=1S/C15H27N3S/c1-10(2)13-12(8-16)19-14(17-13)18-7-6-11(9-18)15(3,4)5/h10-11H,6-9,16H2,1-5H3. The van der Waals surface area contributed by atoms with Gasteiger partial charge in [0.25, 0.3) is 0 Å². The monoisotopic (exact) mass is 281 g/mol. The number of nitrogens with zero attached hydrogens (tertiary/aromatic N) is 2. The molecule has 0 aromatic carbocycles. The molecule has 1 saturated heterocycles. The second-order valence-corrected chi connectivity index (χ2v) is 8.02. The van der Waals surface area contributed by atoms with Crippen LogP contribution in [0.15, 0.2) is 0 Å². The van der Waals surface area contributed by atoms with Gasteiger partial charge in [0.1, 0.15) is 0 Å². The largest absolute Gasteiger partial charge is 0.348 e. The molecule has 2 rings (SSSR count). The first-order valence-electron chi connectivity index (χ1n) is 7.27. The van der Waals surface area contributed by atoms with Crippen molar-refractivity contribution in [2.45, 2.75) is 53.5 Å².